The Hall–Kier alpha value is -4.60. The summed E-state index contributed by atoms with van der Waals surface area (Å²) >= 11 is 0.939. The van der Waals surface area contributed by atoms with Crippen LogP contribution in [0.4, 0.5) is 4.79 Å². The highest BCUT2D eigenvalue weighted by atomic mass is 32.2. The number of benzene rings is 4. The van der Waals surface area contributed by atoms with Gasteiger partial charge < -0.3 is 4.57 Å². The van der Waals surface area contributed by atoms with Gasteiger partial charge in [0, 0.05) is 29.2 Å². The predicted molar refractivity (Wildman–Crippen MR) is 148 cm³/mol. The number of hydrogen-bond donors (Lipinski definition) is 0. The van der Waals surface area contributed by atoms with Crippen molar-refractivity contribution in [1.82, 2.24) is 9.47 Å². The number of thioether (sulfide) groups is 1. The fourth-order valence-electron chi connectivity index (χ4n) is 4.77. The van der Waals surface area contributed by atoms with Crippen molar-refractivity contribution in [1.29, 1.82) is 5.26 Å². The Labute approximate surface area is 218 Å². The average molecular weight is 500 g/mol. The van der Waals surface area contributed by atoms with Gasteiger partial charge in [-0.2, -0.15) is 5.26 Å². The molecule has 0 spiro atoms. The molecule has 5 aromatic rings. The molecule has 4 aromatic carbocycles. The molecule has 0 aliphatic carbocycles. The lowest BCUT2D eigenvalue weighted by molar-refractivity contribution is -0.123. The van der Waals surface area contributed by atoms with Crippen molar-refractivity contribution in [3.63, 3.8) is 0 Å². The largest absolute Gasteiger partial charge is 0.342 e. The monoisotopic (exact) mass is 499 g/mol. The molecule has 2 heterocycles. The third kappa shape index (κ3) is 4.31. The first-order valence-corrected chi connectivity index (χ1v) is 12.7. The van der Waals surface area contributed by atoms with Crippen LogP contribution in [-0.2, 0) is 17.9 Å². The lowest BCUT2D eigenvalue weighted by Gasteiger charge is -2.13. The summed E-state index contributed by atoms with van der Waals surface area (Å²) < 4.78 is 2.18. The van der Waals surface area contributed by atoms with Crippen molar-refractivity contribution < 1.29 is 9.59 Å². The molecule has 0 bridgehead atoms. The molecule has 1 saturated heterocycles. The van der Waals surface area contributed by atoms with Crippen molar-refractivity contribution in [3.8, 4) is 6.07 Å². The van der Waals surface area contributed by atoms with Gasteiger partial charge in [0.2, 0.25) is 0 Å². The number of fused-ring (bicyclic) bond motifs is 2. The number of carbonyl (C=O) groups excluding carboxylic acids is 2. The number of amides is 2. The Morgan fingerprint density at radius 2 is 1.59 bits per heavy atom. The van der Waals surface area contributed by atoms with Gasteiger partial charge in [-0.05, 0) is 57.9 Å². The number of nitriles is 1. The van der Waals surface area contributed by atoms with Crippen molar-refractivity contribution in [3.05, 3.63) is 124 Å². The number of nitrogens with zero attached hydrogens (tertiary/aromatic N) is 3. The molecule has 2 amide bonds. The second-order valence-electron chi connectivity index (χ2n) is 8.95. The van der Waals surface area contributed by atoms with Crippen molar-refractivity contribution >= 4 is 50.7 Å². The van der Waals surface area contributed by atoms with Crippen LogP contribution in [0, 0.1) is 11.3 Å². The van der Waals surface area contributed by atoms with Crippen molar-refractivity contribution in [2.45, 2.75) is 13.1 Å². The second-order valence-corrected chi connectivity index (χ2v) is 9.94. The van der Waals surface area contributed by atoms with Crippen LogP contribution in [0.15, 0.2) is 102 Å². The van der Waals surface area contributed by atoms with Crippen LogP contribution < -0.4 is 0 Å². The van der Waals surface area contributed by atoms with Gasteiger partial charge in [0.15, 0.2) is 0 Å². The zero-order valence-corrected chi connectivity index (χ0v) is 20.6. The normalized spacial score (nSPS) is 14.7. The fourth-order valence-corrected chi connectivity index (χ4v) is 5.60. The number of aromatic nitrogens is 1. The van der Waals surface area contributed by atoms with Crippen LogP contribution in [0.2, 0.25) is 0 Å². The van der Waals surface area contributed by atoms with Gasteiger partial charge >= 0.3 is 0 Å². The summed E-state index contributed by atoms with van der Waals surface area (Å²) in [6.45, 7) is 0.765. The summed E-state index contributed by atoms with van der Waals surface area (Å²) in [6, 6.07) is 32.0. The smallest absolute Gasteiger partial charge is 0.293 e. The summed E-state index contributed by atoms with van der Waals surface area (Å²) in [4.78, 5) is 27.5. The zero-order chi connectivity index (χ0) is 25.4. The molecule has 0 unspecified atom stereocenters. The van der Waals surface area contributed by atoms with Gasteiger partial charge in [-0.15, -0.1) is 0 Å². The number of imide groups is 1. The number of hydrogen-bond acceptors (Lipinski definition) is 4. The molecule has 178 valence electrons. The molecule has 0 radical (unpaired) electrons. The summed E-state index contributed by atoms with van der Waals surface area (Å²) in [7, 11) is 0. The minimum absolute atomic E-state index is 0.0788. The lowest BCUT2D eigenvalue weighted by Crippen LogP contribution is -2.27. The van der Waals surface area contributed by atoms with Crippen molar-refractivity contribution in [2.24, 2.45) is 0 Å². The molecule has 1 aliphatic heterocycles. The van der Waals surface area contributed by atoms with E-state index in [0.717, 1.165) is 28.2 Å². The molecular weight excluding hydrogens is 478 g/mol. The van der Waals surface area contributed by atoms with Crippen molar-refractivity contribution in [2.75, 3.05) is 0 Å². The highest BCUT2D eigenvalue weighted by Crippen LogP contribution is 2.35. The van der Waals surface area contributed by atoms with E-state index in [1.165, 1.54) is 21.2 Å². The summed E-state index contributed by atoms with van der Waals surface area (Å²) in [6.07, 6.45) is 3.85. The summed E-state index contributed by atoms with van der Waals surface area (Å²) in [5.74, 6) is -0.339. The summed E-state index contributed by atoms with van der Waals surface area (Å²) in [5.41, 5.74) is 4.24. The average Bonchev–Trinajstić information content (AvgIpc) is 3.40. The third-order valence-corrected chi connectivity index (χ3v) is 7.52. The Morgan fingerprint density at radius 3 is 2.46 bits per heavy atom. The highest BCUT2D eigenvalue weighted by molar-refractivity contribution is 8.18. The van der Waals surface area contributed by atoms with E-state index in [9.17, 15) is 14.9 Å². The molecule has 6 rings (SSSR count). The number of carbonyl (C=O) groups is 2. The molecule has 1 aliphatic rings. The number of para-hydroxylation sites is 1. The van der Waals surface area contributed by atoms with E-state index in [4.69, 9.17) is 0 Å². The van der Waals surface area contributed by atoms with Crippen LogP contribution in [0.25, 0.3) is 27.8 Å². The Morgan fingerprint density at radius 1 is 0.838 bits per heavy atom. The maximum atomic E-state index is 13.2. The predicted octanol–water partition coefficient (Wildman–Crippen LogP) is 6.95. The first-order chi connectivity index (χ1) is 18.1. The first kappa shape index (κ1) is 22.8. The molecule has 1 fully saturated rings. The molecular formula is C31H21N3O2S. The van der Waals surface area contributed by atoms with E-state index in [2.05, 4.69) is 47.0 Å². The van der Waals surface area contributed by atoms with Crippen LogP contribution in [0.3, 0.4) is 0 Å². The third-order valence-electron chi connectivity index (χ3n) is 6.61. The van der Waals surface area contributed by atoms with E-state index in [-0.39, 0.29) is 17.7 Å². The fraction of sp³-hybridized carbons (Fsp3) is 0.0645. The molecule has 6 heteroatoms. The first-order valence-electron chi connectivity index (χ1n) is 11.9. The molecule has 0 N–H and O–H groups in total. The highest BCUT2D eigenvalue weighted by Gasteiger charge is 2.35. The van der Waals surface area contributed by atoms with Gasteiger partial charge in [-0.3, -0.25) is 14.5 Å². The molecule has 1 aromatic heterocycles. The standard InChI is InChI=1S/C31H21N3O2S/c32-17-24-9-3-4-10-25(24)20-34-30(35)29(37-31(34)36)16-26-19-33(28-12-6-5-11-27(26)28)18-21-13-14-22-7-1-2-8-23(22)15-21/h1-16,19H,18,20H2/b29-16+. The summed E-state index contributed by atoms with van der Waals surface area (Å²) in [5, 5.41) is 12.5. The Balaban J connectivity index is 1.32. The molecule has 37 heavy (non-hydrogen) atoms. The van der Waals surface area contributed by atoms with E-state index in [1.54, 1.807) is 30.3 Å². The molecule has 0 saturated carbocycles. The molecule has 5 nitrogen and oxygen atoms in total. The van der Waals surface area contributed by atoms with E-state index in [0.29, 0.717) is 22.6 Å². The minimum atomic E-state index is -0.339. The topological polar surface area (TPSA) is 66.1 Å². The minimum Gasteiger partial charge on any atom is -0.342 e. The second kappa shape index (κ2) is 9.45. The van der Waals surface area contributed by atoms with E-state index < -0.39 is 0 Å². The van der Waals surface area contributed by atoms with Crippen LogP contribution >= 0.6 is 11.8 Å². The zero-order valence-electron chi connectivity index (χ0n) is 19.8. The molecule has 0 atom stereocenters. The van der Waals surface area contributed by atoms with E-state index >= 15 is 0 Å². The Bertz CT molecular complexity index is 1780. The number of rotatable bonds is 5. The van der Waals surface area contributed by atoms with Gasteiger partial charge in [0.25, 0.3) is 11.1 Å². The SMILES string of the molecule is N#Cc1ccccc1CN1C(=O)S/C(=C/c2cn(Cc3ccc4ccccc4c3)c3ccccc23)C1=O. The quantitative estimate of drug-likeness (QED) is 0.245. The van der Waals surface area contributed by atoms with Crippen LogP contribution in [-0.4, -0.2) is 20.6 Å². The maximum absolute atomic E-state index is 13.2. The van der Waals surface area contributed by atoms with E-state index in [1.807, 2.05) is 36.5 Å². The van der Waals surface area contributed by atoms with Gasteiger partial charge in [-0.25, -0.2) is 0 Å². The lowest BCUT2D eigenvalue weighted by atomic mass is 10.1. The Kier molecular flexibility index (Phi) is 5.84. The van der Waals surface area contributed by atoms with Crippen LogP contribution in [0.5, 0.6) is 0 Å². The van der Waals surface area contributed by atoms with Crippen LogP contribution in [0.1, 0.15) is 22.3 Å². The van der Waals surface area contributed by atoms with Gasteiger partial charge in [0.1, 0.15) is 0 Å². The van der Waals surface area contributed by atoms with Gasteiger partial charge in [0.05, 0.1) is 23.1 Å². The van der Waals surface area contributed by atoms with Gasteiger partial charge in [-0.1, -0.05) is 72.8 Å². The maximum Gasteiger partial charge on any atom is 0.293 e.